The van der Waals surface area contributed by atoms with Gasteiger partial charge in [0.15, 0.2) is 11.9 Å². The third kappa shape index (κ3) is 1.32. The van der Waals surface area contributed by atoms with Crippen molar-refractivity contribution in [1.29, 1.82) is 0 Å². The van der Waals surface area contributed by atoms with Gasteiger partial charge in [-0.1, -0.05) is 6.07 Å². The summed E-state index contributed by atoms with van der Waals surface area (Å²) in [6.07, 6.45) is 0.813. The fourth-order valence-corrected chi connectivity index (χ4v) is 2.71. The second-order valence-corrected chi connectivity index (χ2v) is 4.79. The van der Waals surface area contributed by atoms with E-state index < -0.39 is 0 Å². The molecule has 5 heteroatoms. The highest BCUT2D eigenvalue weighted by Gasteiger charge is 2.13. The van der Waals surface area contributed by atoms with Crippen LogP contribution in [-0.4, -0.2) is 11.3 Å². The normalized spacial score (nSPS) is 10.9. The molecule has 0 N–H and O–H groups in total. The molecule has 74 valence electrons. The van der Waals surface area contributed by atoms with Crippen molar-refractivity contribution in [2.75, 3.05) is 0 Å². The van der Waals surface area contributed by atoms with Crippen LogP contribution in [-0.2, 0) is 0 Å². The van der Waals surface area contributed by atoms with Crippen LogP contribution in [0.3, 0.4) is 0 Å². The molecule has 3 nitrogen and oxygen atoms in total. The molecule has 0 aliphatic heterocycles. The number of thiophene rings is 2. The Morgan fingerprint density at radius 2 is 2.33 bits per heavy atom. The van der Waals surface area contributed by atoms with Crippen molar-refractivity contribution < 1.29 is 9.21 Å². The summed E-state index contributed by atoms with van der Waals surface area (Å²) in [7, 11) is 0. The summed E-state index contributed by atoms with van der Waals surface area (Å²) in [6, 6.07) is 3.89. The second kappa shape index (κ2) is 3.29. The lowest BCUT2D eigenvalue weighted by Gasteiger charge is -1.85. The summed E-state index contributed by atoms with van der Waals surface area (Å²) >= 11 is 2.92. The van der Waals surface area contributed by atoms with E-state index in [0.717, 1.165) is 11.2 Å². The Morgan fingerprint density at radius 1 is 1.40 bits per heavy atom. The van der Waals surface area contributed by atoms with E-state index in [1.807, 2.05) is 22.9 Å². The molecule has 15 heavy (non-hydrogen) atoms. The summed E-state index contributed by atoms with van der Waals surface area (Å²) in [5.74, 6) is 0.589. The van der Waals surface area contributed by atoms with E-state index in [2.05, 4.69) is 4.98 Å². The minimum absolute atomic E-state index is 0.589. The molecule has 3 aromatic rings. The van der Waals surface area contributed by atoms with Crippen molar-refractivity contribution in [3.05, 3.63) is 27.8 Å². The van der Waals surface area contributed by atoms with Crippen molar-refractivity contribution >= 4 is 40.1 Å². The van der Waals surface area contributed by atoms with E-state index in [1.165, 1.54) is 11.3 Å². The highest BCUT2D eigenvalue weighted by atomic mass is 32.1. The molecule has 3 heterocycles. The van der Waals surface area contributed by atoms with Crippen LogP contribution in [0.5, 0.6) is 0 Å². The number of oxazole rings is 1. The molecule has 0 fully saturated rings. The van der Waals surface area contributed by atoms with Gasteiger partial charge in [0.05, 0.1) is 9.75 Å². The van der Waals surface area contributed by atoms with E-state index in [-0.39, 0.29) is 0 Å². The van der Waals surface area contributed by atoms with Gasteiger partial charge in [0.1, 0.15) is 5.52 Å². The van der Waals surface area contributed by atoms with E-state index in [4.69, 9.17) is 4.42 Å². The first-order valence-electron chi connectivity index (χ1n) is 4.25. The molecular weight excluding hydrogens is 230 g/mol. The Kier molecular flexibility index (Phi) is 1.93. The van der Waals surface area contributed by atoms with Gasteiger partial charge in [-0.2, -0.15) is 0 Å². The average Bonchev–Trinajstić information content (AvgIpc) is 2.93. The average molecular weight is 235 g/mol. The van der Waals surface area contributed by atoms with E-state index in [9.17, 15) is 4.79 Å². The highest BCUT2D eigenvalue weighted by Crippen LogP contribution is 2.31. The number of rotatable bonds is 2. The molecule has 0 aromatic carbocycles. The number of fused-ring (bicyclic) bond motifs is 1. The van der Waals surface area contributed by atoms with Crippen LogP contribution >= 0.6 is 22.7 Å². The van der Waals surface area contributed by atoms with Gasteiger partial charge >= 0.3 is 0 Å². The van der Waals surface area contributed by atoms with Crippen molar-refractivity contribution in [3.63, 3.8) is 0 Å². The number of nitrogens with zero attached hydrogens (tertiary/aromatic N) is 1. The van der Waals surface area contributed by atoms with Crippen LogP contribution in [0, 0.1) is 0 Å². The van der Waals surface area contributed by atoms with Gasteiger partial charge in [-0.3, -0.25) is 4.79 Å². The number of hydrogen-bond acceptors (Lipinski definition) is 5. The minimum Gasteiger partial charge on any atom is -0.434 e. The van der Waals surface area contributed by atoms with Crippen LogP contribution in [0.2, 0.25) is 0 Å². The Labute approximate surface area is 93.0 Å². The van der Waals surface area contributed by atoms with Crippen LogP contribution in [0.15, 0.2) is 27.3 Å². The topological polar surface area (TPSA) is 43.1 Å². The summed E-state index contributed by atoms with van der Waals surface area (Å²) < 4.78 is 5.55. The van der Waals surface area contributed by atoms with Crippen LogP contribution in [0.1, 0.15) is 9.67 Å². The molecule has 0 bridgehead atoms. The smallest absolute Gasteiger partial charge is 0.237 e. The number of carbonyl (C=O) groups excluding carboxylic acids is 1. The largest absolute Gasteiger partial charge is 0.434 e. The van der Waals surface area contributed by atoms with Gasteiger partial charge in [0.2, 0.25) is 5.89 Å². The zero-order valence-corrected chi connectivity index (χ0v) is 9.10. The number of hydrogen-bond donors (Lipinski definition) is 0. The molecule has 0 aliphatic carbocycles. The first kappa shape index (κ1) is 8.82. The second-order valence-electron chi connectivity index (χ2n) is 2.93. The summed E-state index contributed by atoms with van der Waals surface area (Å²) in [4.78, 5) is 16.6. The molecule has 0 spiro atoms. The summed E-state index contributed by atoms with van der Waals surface area (Å²) in [6.45, 7) is 0. The van der Waals surface area contributed by atoms with Crippen molar-refractivity contribution in [1.82, 2.24) is 4.98 Å². The molecule has 3 rings (SSSR count). The maximum atomic E-state index is 10.7. The predicted molar refractivity (Wildman–Crippen MR) is 60.6 cm³/mol. The predicted octanol–water partition coefficient (Wildman–Crippen LogP) is 3.43. The standard InChI is InChI=1S/C10H5NO2S2/c12-4-8-9-6(5-15-8)13-10(11-9)7-2-1-3-14-7/h1-5H. The van der Waals surface area contributed by atoms with E-state index in [1.54, 1.807) is 11.3 Å². The number of aromatic nitrogens is 1. The summed E-state index contributed by atoms with van der Waals surface area (Å²) in [5, 5.41) is 3.77. The third-order valence-electron chi connectivity index (χ3n) is 2.02. The minimum atomic E-state index is 0.589. The Morgan fingerprint density at radius 3 is 3.07 bits per heavy atom. The lowest BCUT2D eigenvalue weighted by atomic mass is 10.4. The van der Waals surface area contributed by atoms with Crippen molar-refractivity contribution in [2.45, 2.75) is 0 Å². The zero-order chi connectivity index (χ0) is 10.3. The molecule has 0 aliphatic rings. The molecule has 0 saturated carbocycles. The number of carbonyl (C=O) groups is 1. The molecule has 3 aromatic heterocycles. The number of aldehydes is 1. The fraction of sp³-hybridized carbons (Fsp3) is 0. The molecule has 0 radical (unpaired) electrons. The molecular formula is C10H5NO2S2. The zero-order valence-electron chi connectivity index (χ0n) is 7.47. The van der Waals surface area contributed by atoms with Gasteiger partial charge in [-0.25, -0.2) is 4.98 Å². The first-order valence-corrected chi connectivity index (χ1v) is 6.01. The van der Waals surface area contributed by atoms with Gasteiger partial charge in [0, 0.05) is 5.38 Å². The van der Waals surface area contributed by atoms with E-state index in [0.29, 0.717) is 21.9 Å². The molecule has 0 saturated heterocycles. The monoisotopic (exact) mass is 235 g/mol. The van der Waals surface area contributed by atoms with Gasteiger partial charge < -0.3 is 4.42 Å². The van der Waals surface area contributed by atoms with E-state index >= 15 is 0 Å². The van der Waals surface area contributed by atoms with Crippen LogP contribution in [0.4, 0.5) is 0 Å². The first-order chi connectivity index (χ1) is 7.38. The van der Waals surface area contributed by atoms with Crippen molar-refractivity contribution in [3.8, 4) is 10.8 Å². The van der Waals surface area contributed by atoms with Gasteiger partial charge in [0.25, 0.3) is 0 Å². The Bertz CT molecular complexity index is 606. The Hall–Kier alpha value is -1.46. The van der Waals surface area contributed by atoms with Gasteiger partial charge in [-0.15, -0.1) is 22.7 Å². The van der Waals surface area contributed by atoms with Gasteiger partial charge in [-0.05, 0) is 11.4 Å². The third-order valence-corrected chi connectivity index (χ3v) is 3.75. The molecule has 0 amide bonds. The van der Waals surface area contributed by atoms with Crippen molar-refractivity contribution in [2.24, 2.45) is 0 Å². The SMILES string of the molecule is O=Cc1scc2oc(-c3cccs3)nc12. The van der Waals surface area contributed by atoms with Crippen LogP contribution in [0.25, 0.3) is 21.9 Å². The maximum absolute atomic E-state index is 10.7. The Balaban J connectivity index is 2.23. The molecule has 0 atom stereocenters. The molecule has 0 unspecified atom stereocenters. The van der Waals surface area contributed by atoms with Crippen LogP contribution < -0.4 is 0 Å². The maximum Gasteiger partial charge on any atom is 0.237 e. The lowest BCUT2D eigenvalue weighted by molar-refractivity contribution is 0.112. The quantitative estimate of drug-likeness (QED) is 0.639. The highest BCUT2D eigenvalue weighted by molar-refractivity contribution is 7.13. The summed E-state index contributed by atoms with van der Waals surface area (Å²) in [5.41, 5.74) is 1.35. The lowest BCUT2D eigenvalue weighted by Crippen LogP contribution is -1.74. The fourth-order valence-electron chi connectivity index (χ4n) is 1.35.